The Labute approximate surface area is 165 Å². The van der Waals surface area contributed by atoms with Crippen molar-refractivity contribution in [1.29, 1.82) is 0 Å². The van der Waals surface area contributed by atoms with Gasteiger partial charge in [0.15, 0.2) is 5.69 Å². The molecule has 0 spiro atoms. The average molecular weight is 391 g/mol. The molecule has 0 bridgehead atoms. The van der Waals surface area contributed by atoms with E-state index in [2.05, 4.69) is 10.4 Å². The fourth-order valence-electron chi connectivity index (χ4n) is 3.68. The second kappa shape index (κ2) is 9.67. The molecule has 1 saturated carbocycles. The first-order chi connectivity index (χ1) is 12.6. The molecule has 0 aliphatic heterocycles. The van der Waals surface area contributed by atoms with Gasteiger partial charge in [0.1, 0.15) is 0 Å². The molecule has 27 heavy (non-hydrogen) atoms. The van der Waals surface area contributed by atoms with E-state index in [1.165, 1.54) is 25.3 Å². The minimum atomic E-state index is -0.444. The van der Waals surface area contributed by atoms with Crippen molar-refractivity contribution in [2.75, 3.05) is 6.54 Å². The van der Waals surface area contributed by atoms with Crippen molar-refractivity contribution in [3.8, 4) is 5.69 Å². The lowest BCUT2D eigenvalue weighted by molar-refractivity contribution is 0.0907. The summed E-state index contributed by atoms with van der Waals surface area (Å²) in [5.74, 6) is -0.0693. The van der Waals surface area contributed by atoms with E-state index in [0.717, 1.165) is 18.5 Å². The van der Waals surface area contributed by atoms with E-state index in [4.69, 9.17) is 5.73 Å². The Morgan fingerprint density at radius 1 is 1.26 bits per heavy atom. The first-order valence-electron chi connectivity index (χ1n) is 9.27. The van der Waals surface area contributed by atoms with E-state index < -0.39 is 5.91 Å². The SMILES string of the molecule is Cc1cc(=O)c(C(=O)NC(CN)C2CCCCC2)nn1-c1ccccc1.Cl. The van der Waals surface area contributed by atoms with E-state index in [1.54, 1.807) is 11.6 Å². The third-order valence-corrected chi connectivity index (χ3v) is 5.11. The molecule has 1 unspecified atom stereocenters. The molecule has 1 aliphatic carbocycles. The second-order valence-electron chi connectivity index (χ2n) is 6.96. The first-order valence-corrected chi connectivity index (χ1v) is 9.27. The van der Waals surface area contributed by atoms with Crippen LogP contribution in [0.25, 0.3) is 5.69 Å². The fraction of sp³-hybridized carbons (Fsp3) is 0.450. The summed E-state index contributed by atoms with van der Waals surface area (Å²) in [5, 5.41) is 7.28. The van der Waals surface area contributed by atoms with Crippen molar-refractivity contribution in [2.24, 2.45) is 11.7 Å². The zero-order valence-electron chi connectivity index (χ0n) is 15.6. The van der Waals surface area contributed by atoms with E-state index in [0.29, 0.717) is 18.2 Å². The first kappa shape index (κ1) is 21.1. The number of nitrogens with one attached hydrogen (secondary N) is 1. The number of carbonyl (C=O) groups is 1. The normalized spacial score (nSPS) is 15.6. The highest BCUT2D eigenvalue weighted by molar-refractivity contribution is 5.92. The lowest BCUT2D eigenvalue weighted by Gasteiger charge is -2.29. The zero-order chi connectivity index (χ0) is 18.5. The molecule has 1 fully saturated rings. The molecule has 1 atom stereocenters. The van der Waals surface area contributed by atoms with Crippen LogP contribution < -0.4 is 16.5 Å². The van der Waals surface area contributed by atoms with Crippen LogP contribution in [0.5, 0.6) is 0 Å². The largest absolute Gasteiger partial charge is 0.346 e. The Hall–Kier alpha value is -2.18. The lowest BCUT2D eigenvalue weighted by Crippen LogP contribution is -2.47. The van der Waals surface area contributed by atoms with Gasteiger partial charge >= 0.3 is 0 Å². The molecule has 1 aliphatic rings. The van der Waals surface area contributed by atoms with Crippen molar-refractivity contribution < 1.29 is 4.79 Å². The minimum absolute atomic E-state index is 0. The maximum atomic E-state index is 12.7. The maximum absolute atomic E-state index is 12.7. The number of rotatable bonds is 5. The Balaban J connectivity index is 0.00000261. The van der Waals surface area contributed by atoms with Gasteiger partial charge in [-0.1, -0.05) is 37.5 Å². The van der Waals surface area contributed by atoms with Crippen LogP contribution in [-0.2, 0) is 0 Å². The topological polar surface area (TPSA) is 90.0 Å². The summed E-state index contributed by atoms with van der Waals surface area (Å²) in [6.07, 6.45) is 5.71. The van der Waals surface area contributed by atoms with Crippen LogP contribution in [0.4, 0.5) is 0 Å². The van der Waals surface area contributed by atoms with Gasteiger partial charge in [0, 0.05) is 24.3 Å². The number of aryl methyl sites for hydroxylation is 1. The van der Waals surface area contributed by atoms with E-state index in [1.807, 2.05) is 30.3 Å². The van der Waals surface area contributed by atoms with Gasteiger partial charge in [-0.05, 0) is 37.8 Å². The molecule has 6 nitrogen and oxygen atoms in total. The Bertz CT molecular complexity index is 816. The van der Waals surface area contributed by atoms with Gasteiger partial charge in [0.25, 0.3) is 5.91 Å². The number of para-hydroxylation sites is 1. The summed E-state index contributed by atoms with van der Waals surface area (Å²) in [6, 6.07) is 10.8. The van der Waals surface area contributed by atoms with Gasteiger partial charge in [0.2, 0.25) is 5.43 Å². The smallest absolute Gasteiger partial charge is 0.276 e. The van der Waals surface area contributed by atoms with E-state index >= 15 is 0 Å². The molecule has 1 amide bonds. The molecule has 3 N–H and O–H groups in total. The van der Waals surface area contributed by atoms with Gasteiger partial charge in [-0.25, -0.2) is 4.68 Å². The quantitative estimate of drug-likeness (QED) is 0.821. The van der Waals surface area contributed by atoms with Crippen molar-refractivity contribution in [3.05, 3.63) is 58.0 Å². The third kappa shape index (κ3) is 4.96. The highest BCUT2D eigenvalue weighted by Gasteiger charge is 2.26. The molecule has 0 saturated heterocycles. The van der Waals surface area contributed by atoms with Crippen LogP contribution in [0.2, 0.25) is 0 Å². The van der Waals surface area contributed by atoms with Crippen LogP contribution in [0.1, 0.15) is 48.3 Å². The number of halogens is 1. The van der Waals surface area contributed by atoms with Crippen molar-refractivity contribution in [1.82, 2.24) is 15.1 Å². The minimum Gasteiger partial charge on any atom is -0.346 e. The van der Waals surface area contributed by atoms with Crippen LogP contribution in [0.3, 0.4) is 0 Å². The predicted molar refractivity (Wildman–Crippen MR) is 109 cm³/mol. The average Bonchev–Trinajstić information content (AvgIpc) is 2.67. The van der Waals surface area contributed by atoms with Gasteiger partial charge in [-0.2, -0.15) is 5.10 Å². The molecule has 3 rings (SSSR count). The molecular weight excluding hydrogens is 364 g/mol. The van der Waals surface area contributed by atoms with Crippen molar-refractivity contribution >= 4 is 18.3 Å². The highest BCUT2D eigenvalue weighted by Crippen LogP contribution is 2.26. The molecule has 1 aromatic carbocycles. The van der Waals surface area contributed by atoms with E-state index in [-0.39, 0.29) is 29.6 Å². The molecule has 0 radical (unpaired) electrons. The number of hydrogen-bond donors (Lipinski definition) is 2. The van der Waals surface area contributed by atoms with Crippen LogP contribution >= 0.6 is 12.4 Å². The number of amides is 1. The number of nitrogens with two attached hydrogens (primary N) is 1. The molecule has 146 valence electrons. The standard InChI is InChI=1S/C20H26N4O2.ClH/c1-14-12-18(25)19(23-24(14)16-10-6-3-7-11-16)20(26)22-17(13-21)15-8-4-2-5-9-15;/h3,6-7,10-12,15,17H,2,4-5,8-9,13,21H2,1H3,(H,22,26);1H. The third-order valence-electron chi connectivity index (χ3n) is 5.11. The molecule has 1 heterocycles. The van der Waals surface area contributed by atoms with Crippen LogP contribution in [0, 0.1) is 12.8 Å². The summed E-state index contributed by atoms with van der Waals surface area (Å²) in [6.45, 7) is 2.17. The number of hydrogen-bond acceptors (Lipinski definition) is 4. The predicted octanol–water partition coefficient (Wildman–Crippen LogP) is 2.60. The van der Waals surface area contributed by atoms with Crippen molar-refractivity contribution in [3.63, 3.8) is 0 Å². The van der Waals surface area contributed by atoms with E-state index in [9.17, 15) is 9.59 Å². The monoisotopic (exact) mass is 390 g/mol. The molecule has 7 heteroatoms. The summed E-state index contributed by atoms with van der Waals surface area (Å²) in [7, 11) is 0. The van der Waals surface area contributed by atoms with Crippen LogP contribution in [0.15, 0.2) is 41.2 Å². The summed E-state index contributed by atoms with van der Waals surface area (Å²) < 4.78 is 1.62. The Morgan fingerprint density at radius 3 is 2.56 bits per heavy atom. The molecule has 1 aromatic heterocycles. The van der Waals surface area contributed by atoms with Gasteiger partial charge < -0.3 is 11.1 Å². The molecule has 2 aromatic rings. The summed E-state index contributed by atoms with van der Waals surface area (Å²) >= 11 is 0. The lowest BCUT2D eigenvalue weighted by atomic mass is 9.84. The number of nitrogens with zero attached hydrogens (tertiary/aromatic N) is 2. The van der Waals surface area contributed by atoms with Crippen molar-refractivity contribution in [2.45, 2.75) is 45.1 Å². The zero-order valence-corrected chi connectivity index (χ0v) is 16.4. The Kier molecular flexibility index (Phi) is 7.56. The van der Waals surface area contributed by atoms with Gasteiger partial charge in [-0.15, -0.1) is 12.4 Å². The van der Waals surface area contributed by atoms with Crippen LogP contribution in [-0.4, -0.2) is 28.3 Å². The Morgan fingerprint density at radius 2 is 1.93 bits per heavy atom. The fourth-order valence-corrected chi connectivity index (χ4v) is 3.68. The summed E-state index contributed by atoms with van der Waals surface area (Å²) in [4.78, 5) is 25.1. The summed E-state index contributed by atoms with van der Waals surface area (Å²) in [5.41, 5.74) is 6.92. The second-order valence-corrected chi connectivity index (χ2v) is 6.96. The molecular formula is C20H27ClN4O2. The number of carbonyl (C=O) groups excluding carboxylic acids is 1. The highest BCUT2D eigenvalue weighted by atomic mass is 35.5. The number of benzene rings is 1. The number of aromatic nitrogens is 2. The van der Waals surface area contributed by atoms with Gasteiger partial charge in [-0.3, -0.25) is 9.59 Å². The van der Waals surface area contributed by atoms with Gasteiger partial charge in [0.05, 0.1) is 5.69 Å². The maximum Gasteiger partial charge on any atom is 0.276 e.